The van der Waals surface area contributed by atoms with Crippen molar-refractivity contribution < 1.29 is 4.74 Å². The summed E-state index contributed by atoms with van der Waals surface area (Å²) >= 11 is 0. The minimum Gasteiger partial charge on any atom is -0.434 e. The van der Waals surface area contributed by atoms with Crippen molar-refractivity contribution in [3.8, 4) is 11.6 Å². The number of nitrogens with zero attached hydrogens (tertiary/aromatic N) is 3. The third-order valence-electron chi connectivity index (χ3n) is 3.79. The van der Waals surface area contributed by atoms with Gasteiger partial charge in [0.1, 0.15) is 5.69 Å². The Balaban J connectivity index is 1.65. The first-order chi connectivity index (χ1) is 9.90. The molecule has 1 saturated heterocycles. The van der Waals surface area contributed by atoms with Crippen LogP contribution in [0.25, 0.3) is 0 Å². The maximum atomic E-state index is 5.77. The van der Waals surface area contributed by atoms with Gasteiger partial charge in [0, 0.05) is 19.2 Å². The first kappa shape index (κ1) is 11.5. The molecule has 1 N–H and O–H groups in total. The van der Waals surface area contributed by atoms with Gasteiger partial charge in [-0.2, -0.15) is 0 Å². The number of hydrogen-bond acceptors (Lipinski definition) is 5. The lowest BCUT2D eigenvalue weighted by Gasteiger charge is -2.28. The van der Waals surface area contributed by atoms with E-state index in [9.17, 15) is 0 Å². The van der Waals surface area contributed by atoms with E-state index >= 15 is 0 Å². The number of fused-ring (bicyclic) bond motifs is 2. The molecule has 0 aliphatic carbocycles. The largest absolute Gasteiger partial charge is 0.434 e. The number of benzene rings is 1. The van der Waals surface area contributed by atoms with Gasteiger partial charge >= 0.3 is 0 Å². The van der Waals surface area contributed by atoms with E-state index in [0.29, 0.717) is 5.88 Å². The summed E-state index contributed by atoms with van der Waals surface area (Å²) in [7, 11) is 0. The molecule has 0 unspecified atom stereocenters. The van der Waals surface area contributed by atoms with Crippen LogP contribution in [0.4, 0.5) is 17.2 Å². The lowest BCUT2D eigenvalue weighted by molar-refractivity contribution is 0.453. The van der Waals surface area contributed by atoms with E-state index < -0.39 is 0 Å². The van der Waals surface area contributed by atoms with Gasteiger partial charge in [-0.15, -0.1) is 10.2 Å². The van der Waals surface area contributed by atoms with Gasteiger partial charge in [0.2, 0.25) is 0 Å². The fraction of sp³-hybridized carbons (Fsp3) is 0.333. The number of ether oxygens (including phenoxy) is 1. The summed E-state index contributed by atoms with van der Waals surface area (Å²) in [5, 5.41) is 11.9. The molecule has 1 fully saturated rings. The Hall–Kier alpha value is -2.30. The molecule has 1 aromatic heterocycles. The summed E-state index contributed by atoms with van der Waals surface area (Å²) in [5.74, 6) is 2.27. The van der Waals surface area contributed by atoms with Gasteiger partial charge in [-0.05, 0) is 31.4 Å². The van der Waals surface area contributed by atoms with E-state index in [-0.39, 0.29) is 0 Å². The minimum absolute atomic E-state index is 0.546. The van der Waals surface area contributed by atoms with Crippen molar-refractivity contribution in [3.63, 3.8) is 0 Å². The summed E-state index contributed by atoms with van der Waals surface area (Å²) in [6.45, 7) is 2.12. The first-order valence-corrected chi connectivity index (χ1v) is 7.07. The zero-order valence-corrected chi connectivity index (χ0v) is 11.2. The summed E-state index contributed by atoms with van der Waals surface area (Å²) in [4.78, 5) is 2.29. The van der Waals surface area contributed by atoms with Crippen molar-refractivity contribution in [3.05, 3.63) is 30.3 Å². The molecule has 0 saturated carbocycles. The summed E-state index contributed by atoms with van der Waals surface area (Å²) in [5.41, 5.74) is 1.86. The van der Waals surface area contributed by atoms with Crippen LogP contribution in [0.1, 0.15) is 19.3 Å². The second-order valence-electron chi connectivity index (χ2n) is 5.19. The maximum Gasteiger partial charge on any atom is 0.263 e. The van der Waals surface area contributed by atoms with Crippen LogP contribution in [0, 0.1) is 0 Å². The molecule has 0 atom stereocenters. The van der Waals surface area contributed by atoms with E-state index in [2.05, 4.69) is 20.4 Å². The monoisotopic (exact) mass is 268 g/mol. The van der Waals surface area contributed by atoms with Crippen LogP contribution in [0.2, 0.25) is 0 Å². The SMILES string of the molecule is c1ccc2c(c1)Nc1cc(N3CCCCC3)nnc1O2. The summed E-state index contributed by atoms with van der Waals surface area (Å²) in [6.07, 6.45) is 3.76. The van der Waals surface area contributed by atoms with Crippen LogP contribution in [0.3, 0.4) is 0 Å². The molecule has 20 heavy (non-hydrogen) atoms. The quantitative estimate of drug-likeness (QED) is 0.733. The molecule has 0 radical (unpaired) electrons. The Kier molecular flexibility index (Phi) is 2.69. The standard InChI is InChI=1S/C15H16N4O/c1-4-8-19(9-5-1)14-10-12-15(18-17-14)20-13-7-3-2-6-11(13)16-12/h2-3,6-7,10,16H,1,4-5,8-9H2. The van der Waals surface area contributed by atoms with Crippen molar-refractivity contribution in [2.75, 3.05) is 23.3 Å². The van der Waals surface area contributed by atoms with Crippen molar-refractivity contribution in [2.45, 2.75) is 19.3 Å². The number of nitrogens with one attached hydrogen (secondary N) is 1. The average molecular weight is 268 g/mol. The average Bonchev–Trinajstić information content (AvgIpc) is 2.53. The van der Waals surface area contributed by atoms with E-state index in [4.69, 9.17) is 4.74 Å². The summed E-state index contributed by atoms with van der Waals surface area (Å²) < 4.78 is 5.77. The van der Waals surface area contributed by atoms with Crippen LogP contribution in [0.15, 0.2) is 30.3 Å². The molecule has 0 spiro atoms. The molecule has 102 valence electrons. The van der Waals surface area contributed by atoms with E-state index in [1.54, 1.807) is 0 Å². The maximum absolute atomic E-state index is 5.77. The molecule has 2 aromatic rings. The number of anilines is 3. The Morgan fingerprint density at radius 3 is 2.75 bits per heavy atom. The third kappa shape index (κ3) is 1.95. The second kappa shape index (κ2) is 4.67. The Labute approximate surface area is 117 Å². The molecule has 3 heterocycles. The van der Waals surface area contributed by atoms with Crippen molar-refractivity contribution >= 4 is 17.2 Å². The lowest BCUT2D eigenvalue weighted by Crippen LogP contribution is -2.30. The zero-order valence-electron chi connectivity index (χ0n) is 11.2. The number of rotatable bonds is 1. The van der Waals surface area contributed by atoms with E-state index in [1.807, 2.05) is 30.3 Å². The van der Waals surface area contributed by atoms with Crippen LogP contribution in [-0.2, 0) is 0 Å². The fourth-order valence-electron chi connectivity index (χ4n) is 2.72. The van der Waals surface area contributed by atoms with Gasteiger partial charge in [0.25, 0.3) is 5.88 Å². The van der Waals surface area contributed by atoms with Gasteiger partial charge in [0.05, 0.1) is 5.69 Å². The van der Waals surface area contributed by atoms with Gasteiger partial charge in [-0.25, -0.2) is 0 Å². The molecule has 4 rings (SSSR count). The highest BCUT2D eigenvalue weighted by atomic mass is 16.5. The second-order valence-corrected chi connectivity index (χ2v) is 5.19. The number of para-hydroxylation sites is 2. The predicted octanol–water partition coefficient (Wildman–Crippen LogP) is 3.32. The zero-order chi connectivity index (χ0) is 13.4. The van der Waals surface area contributed by atoms with Crippen LogP contribution >= 0.6 is 0 Å². The smallest absolute Gasteiger partial charge is 0.263 e. The van der Waals surface area contributed by atoms with Crippen LogP contribution < -0.4 is 15.0 Å². The molecule has 1 aromatic carbocycles. The van der Waals surface area contributed by atoms with Crippen LogP contribution in [-0.4, -0.2) is 23.3 Å². The highest BCUT2D eigenvalue weighted by Crippen LogP contribution is 2.40. The van der Waals surface area contributed by atoms with Crippen molar-refractivity contribution in [1.82, 2.24) is 10.2 Å². The molecule has 2 aliphatic heterocycles. The van der Waals surface area contributed by atoms with Crippen molar-refractivity contribution in [2.24, 2.45) is 0 Å². The van der Waals surface area contributed by atoms with Gasteiger partial charge < -0.3 is 15.0 Å². The summed E-state index contributed by atoms with van der Waals surface area (Å²) in [6, 6.07) is 9.88. The molecular formula is C15H16N4O. The molecule has 0 bridgehead atoms. The van der Waals surface area contributed by atoms with Crippen molar-refractivity contribution in [1.29, 1.82) is 0 Å². The highest BCUT2D eigenvalue weighted by molar-refractivity contribution is 5.75. The Morgan fingerprint density at radius 2 is 1.85 bits per heavy atom. The molecule has 5 heteroatoms. The van der Waals surface area contributed by atoms with E-state index in [0.717, 1.165) is 36.0 Å². The number of hydrogen-bond donors (Lipinski definition) is 1. The van der Waals surface area contributed by atoms with Gasteiger partial charge in [-0.1, -0.05) is 12.1 Å². The van der Waals surface area contributed by atoms with Gasteiger partial charge in [-0.3, -0.25) is 0 Å². The van der Waals surface area contributed by atoms with Gasteiger partial charge in [0.15, 0.2) is 11.6 Å². The topological polar surface area (TPSA) is 50.3 Å². The number of aromatic nitrogens is 2. The normalized spacial score (nSPS) is 16.7. The Morgan fingerprint density at radius 1 is 1.00 bits per heavy atom. The molecule has 0 amide bonds. The fourth-order valence-corrected chi connectivity index (χ4v) is 2.72. The lowest BCUT2D eigenvalue weighted by atomic mass is 10.1. The first-order valence-electron chi connectivity index (χ1n) is 7.07. The van der Waals surface area contributed by atoms with E-state index in [1.165, 1.54) is 19.3 Å². The predicted molar refractivity (Wildman–Crippen MR) is 77.9 cm³/mol. The van der Waals surface area contributed by atoms with Crippen LogP contribution in [0.5, 0.6) is 11.6 Å². The minimum atomic E-state index is 0.546. The molecular weight excluding hydrogens is 252 g/mol. The third-order valence-corrected chi connectivity index (χ3v) is 3.79. The Bertz CT molecular complexity index is 638. The number of piperidine rings is 1. The highest BCUT2D eigenvalue weighted by Gasteiger charge is 2.20. The molecule has 2 aliphatic rings. The molecule has 5 nitrogen and oxygen atoms in total.